The van der Waals surface area contributed by atoms with E-state index in [-0.39, 0.29) is 35.1 Å². The largest absolute Gasteiger partial charge is 0.305 e. The van der Waals surface area contributed by atoms with Crippen LogP contribution in [-0.4, -0.2) is 24.1 Å². The van der Waals surface area contributed by atoms with Gasteiger partial charge in [-0.25, -0.2) is 10.2 Å². The Balaban J connectivity index is 2.20. The Hall–Kier alpha value is -1.99. The van der Waals surface area contributed by atoms with Crippen molar-refractivity contribution in [2.24, 2.45) is 5.84 Å². The molecule has 0 radical (unpaired) electrons. The SMILES string of the molecule is NNC(=O)CCCN1C(=O)C(=O)c2cc(Cl)c(F)cc21. The maximum absolute atomic E-state index is 13.4. The lowest BCUT2D eigenvalue weighted by atomic mass is 10.1. The van der Waals surface area contributed by atoms with Gasteiger partial charge in [-0.05, 0) is 18.6 Å². The second-order valence-electron chi connectivity index (χ2n) is 4.24. The fourth-order valence-corrected chi connectivity index (χ4v) is 2.14. The van der Waals surface area contributed by atoms with Crippen LogP contribution in [0, 0.1) is 5.82 Å². The van der Waals surface area contributed by atoms with E-state index in [1.165, 1.54) is 0 Å². The summed E-state index contributed by atoms with van der Waals surface area (Å²) in [4.78, 5) is 35.7. The summed E-state index contributed by atoms with van der Waals surface area (Å²) >= 11 is 5.59. The first-order valence-electron chi connectivity index (χ1n) is 5.80. The standard InChI is InChI=1S/C12H11ClFN3O3/c13-7-4-6-9(5-8(7)14)17(12(20)11(6)19)3-1-2-10(18)16-15/h4-5H,1-3,15H2,(H,16,18). The van der Waals surface area contributed by atoms with Gasteiger partial charge in [-0.2, -0.15) is 0 Å². The molecule has 0 spiro atoms. The maximum atomic E-state index is 13.4. The van der Waals surface area contributed by atoms with E-state index >= 15 is 0 Å². The Morgan fingerprint density at radius 3 is 2.75 bits per heavy atom. The monoisotopic (exact) mass is 299 g/mol. The number of ketones is 1. The molecule has 0 unspecified atom stereocenters. The van der Waals surface area contributed by atoms with Gasteiger partial charge in [0.1, 0.15) is 5.82 Å². The zero-order valence-corrected chi connectivity index (χ0v) is 11.0. The smallest absolute Gasteiger partial charge is 0.299 e. The predicted octanol–water partition coefficient (Wildman–Crippen LogP) is 0.779. The number of nitrogens with zero attached hydrogens (tertiary/aromatic N) is 1. The van der Waals surface area contributed by atoms with Gasteiger partial charge in [0.25, 0.3) is 11.7 Å². The van der Waals surface area contributed by atoms with Crippen LogP contribution in [0.3, 0.4) is 0 Å². The van der Waals surface area contributed by atoms with Crippen LogP contribution in [0.2, 0.25) is 5.02 Å². The average Bonchev–Trinajstić information content (AvgIpc) is 2.64. The van der Waals surface area contributed by atoms with Crippen molar-refractivity contribution in [1.82, 2.24) is 5.43 Å². The summed E-state index contributed by atoms with van der Waals surface area (Å²) < 4.78 is 13.4. The fourth-order valence-electron chi connectivity index (χ4n) is 1.98. The first-order chi connectivity index (χ1) is 9.45. The molecule has 20 heavy (non-hydrogen) atoms. The van der Waals surface area contributed by atoms with Gasteiger partial charge >= 0.3 is 0 Å². The van der Waals surface area contributed by atoms with Gasteiger partial charge in [-0.1, -0.05) is 11.6 Å². The summed E-state index contributed by atoms with van der Waals surface area (Å²) in [5, 5.41) is -0.214. The maximum Gasteiger partial charge on any atom is 0.299 e. The molecule has 0 fully saturated rings. The zero-order chi connectivity index (χ0) is 14.9. The summed E-state index contributed by atoms with van der Waals surface area (Å²) in [5.41, 5.74) is 2.21. The molecule has 1 aliphatic heterocycles. The number of nitrogens with two attached hydrogens (primary N) is 1. The number of Topliss-reactive ketones (excluding diaryl/α,β-unsaturated/α-hetero) is 1. The van der Waals surface area contributed by atoms with E-state index in [9.17, 15) is 18.8 Å². The number of carbonyl (C=O) groups is 3. The van der Waals surface area contributed by atoms with Crippen LogP contribution < -0.4 is 16.2 Å². The Kier molecular flexibility index (Phi) is 4.01. The molecule has 2 amide bonds. The number of hydrazine groups is 1. The molecule has 0 atom stereocenters. The summed E-state index contributed by atoms with van der Waals surface area (Å²) in [6.45, 7) is 0.117. The Labute approximate surface area is 118 Å². The highest BCUT2D eigenvalue weighted by Gasteiger charge is 2.36. The van der Waals surface area contributed by atoms with Crippen LogP contribution in [0.15, 0.2) is 12.1 Å². The molecule has 3 N–H and O–H groups in total. The zero-order valence-electron chi connectivity index (χ0n) is 10.3. The van der Waals surface area contributed by atoms with Crippen molar-refractivity contribution < 1.29 is 18.8 Å². The molecule has 0 aromatic heterocycles. The van der Waals surface area contributed by atoms with Crippen LogP contribution in [0.1, 0.15) is 23.2 Å². The van der Waals surface area contributed by atoms with Crippen molar-refractivity contribution in [2.45, 2.75) is 12.8 Å². The van der Waals surface area contributed by atoms with E-state index in [1.54, 1.807) is 0 Å². The number of halogens is 2. The number of nitrogens with one attached hydrogen (secondary N) is 1. The third-order valence-corrected chi connectivity index (χ3v) is 3.25. The molecule has 6 nitrogen and oxygen atoms in total. The molecule has 1 heterocycles. The molecule has 1 aromatic carbocycles. The third-order valence-electron chi connectivity index (χ3n) is 2.96. The van der Waals surface area contributed by atoms with Gasteiger partial charge in [0, 0.05) is 13.0 Å². The number of hydrogen-bond acceptors (Lipinski definition) is 4. The number of carbonyl (C=O) groups excluding carboxylic acids is 3. The molecule has 0 bridgehead atoms. The van der Waals surface area contributed by atoms with Crippen molar-refractivity contribution in [3.05, 3.63) is 28.5 Å². The quantitative estimate of drug-likeness (QED) is 0.372. The second-order valence-corrected chi connectivity index (χ2v) is 4.65. The number of anilines is 1. The minimum atomic E-state index is -0.755. The molecule has 0 saturated heterocycles. The lowest BCUT2D eigenvalue weighted by Crippen LogP contribution is -2.33. The van der Waals surface area contributed by atoms with E-state index in [2.05, 4.69) is 0 Å². The molecular formula is C12H11ClFN3O3. The lowest BCUT2D eigenvalue weighted by molar-refractivity contribution is -0.121. The van der Waals surface area contributed by atoms with Crippen LogP contribution in [-0.2, 0) is 9.59 Å². The highest BCUT2D eigenvalue weighted by Crippen LogP contribution is 2.33. The minimum Gasteiger partial charge on any atom is -0.305 e. The summed E-state index contributed by atoms with van der Waals surface area (Å²) in [7, 11) is 0. The van der Waals surface area contributed by atoms with Crippen molar-refractivity contribution in [2.75, 3.05) is 11.4 Å². The molecule has 8 heteroatoms. The van der Waals surface area contributed by atoms with Crippen molar-refractivity contribution in [1.29, 1.82) is 0 Å². The summed E-state index contributed by atoms with van der Waals surface area (Å²) in [6.07, 6.45) is 0.394. The average molecular weight is 300 g/mol. The van der Waals surface area contributed by atoms with Gasteiger partial charge in [0.15, 0.2) is 0 Å². The molecule has 2 rings (SSSR count). The lowest BCUT2D eigenvalue weighted by Gasteiger charge is -2.16. The number of rotatable bonds is 4. The Morgan fingerprint density at radius 1 is 1.40 bits per heavy atom. The van der Waals surface area contributed by atoms with E-state index < -0.39 is 17.5 Å². The van der Waals surface area contributed by atoms with E-state index in [1.807, 2.05) is 5.43 Å². The highest BCUT2D eigenvalue weighted by molar-refractivity contribution is 6.52. The summed E-state index contributed by atoms with van der Waals surface area (Å²) in [5.74, 6) is 2.35. The normalized spacial score (nSPS) is 13.7. The molecule has 1 aromatic rings. The Bertz CT molecular complexity index is 606. The van der Waals surface area contributed by atoms with Crippen LogP contribution in [0.5, 0.6) is 0 Å². The molecule has 1 aliphatic rings. The number of amides is 2. The number of fused-ring (bicyclic) bond motifs is 1. The van der Waals surface area contributed by atoms with Crippen molar-refractivity contribution >= 4 is 34.9 Å². The topological polar surface area (TPSA) is 92.5 Å². The van der Waals surface area contributed by atoms with Crippen molar-refractivity contribution in [3.63, 3.8) is 0 Å². The number of hydrogen-bond donors (Lipinski definition) is 2. The fraction of sp³-hybridized carbons (Fsp3) is 0.250. The first kappa shape index (κ1) is 14.4. The van der Waals surface area contributed by atoms with Crippen molar-refractivity contribution in [3.8, 4) is 0 Å². The highest BCUT2D eigenvalue weighted by atomic mass is 35.5. The number of benzene rings is 1. The third kappa shape index (κ3) is 2.50. The molecule has 0 aliphatic carbocycles. The van der Waals surface area contributed by atoms with Gasteiger partial charge < -0.3 is 4.90 Å². The Morgan fingerprint density at radius 2 is 2.10 bits per heavy atom. The molecule has 0 saturated carbocycles. The van der Waals surface area contributed by atoms with E-state index in [0.717, 1.165) is 17.0 Å². The van der Waals surface area contributed by atoms with Crippen LogP contribution in [0.25, 0.3) is 0 Å². The molecule has 106 valence electrons. The minimum absolute atomic E-state index is 0.0738. The van der Waals surface area contributed by atoms with E-state index in [4.69, 9.17) is 17.4 Å². The first-order valence-corrected chi connectivity index (χ1v) is 6.18. The summed E-state index contributed by atoms with van der Waals surface area (Å²) in [6, 6.07) is 2.18. The molecular weight excluding hydrogens is 289 g/mol. The van der Waals surface area contributed by atoms with Crippen LogP contribution in [0.4, 0.5) is 10.1 Å². The van der Waals surface area contributed by atoms with Gasteiger partial charge in [-0.15, -0.1) is 0 Å². The van der Waals surface area contributed by atoms with Gasteiger partial charge in [0.05, 0.1) is 16.3 Å². The predicted molar refractivity (Wildman–Crippen MR) is 69.7 cm³/mol. The van der Waals surface area contributed by atoms with Gasteiger partial charge in [0.2, 0.25) is 5.91 Å². The van der Waals surface area contributed by atoms with Crippen LogP contribution >= 0.6 is 11.6 Å². The second kappa shape index (κ2) is 5.56. The van der Waals surface area contributed by atoms with E-state index in [0.29, 0.717) is 6.42 Å². The van der Waals surface area contributed by atoms with Gasteiger partial charge in [-0.3, -0.25) is 19.8 Å².